The Balaban J connectivity index is 1.67. The van der Waals surface area contributed by atoms with Gasteiger partial charge in [0.15, 0.2) is 5.79 Å². The van der Waals surface area contributed by atoms with E-state index in [-0.39, 0.29) is 23.9 Å². The van der Waals surface area contributed by atoms with Crippen LogP contribution in [0.4, 0.5) is 5.82 Å². The summed E-state index contributed by atoms with van der Waals surface area (Å²) < 4.78 is 16.9. The van der Waals surface area contributed by atoms with Gasteiger partial charge in [0.05, 0.1) is 31.1 Å². The normalized spacial score (nSPS) is 27.4. The van der Waals surface area contributed by atoms with Crippen molar-refractivity contribution in [1.82, 2.24) is 15.0 Å². The van der Waals surface area contributed by atoms with Crippen LogP contribution in [-0.4, -0.2) is 59.6 Å². The smallest absolute Gasteiger partial charge is 0.310 e. The maximum absolute atomic E-state index is 12.5. The maximum atomic E-state index is 12.5. The van der Waals surface area contributed by atoms with Crippen molar-refractivity contribution < 1.29 is 19.0 Å². The highest BCUT2D eigenvalue weighted by atomic mass is 16.7. The van der Waals surface area contributed by atoms with Gasteiger partial charge >= 0.3 is 5.97 Å². The number of esters is 1. The molecule has 3 unspecified atom stereocenters. The summed E-state index contributed by atoms with van der Waals surface area (Å²) in [6, 6.07) is 0. The van der Waals surface area contributed by atoms with E-state index in [0.717, 1.165) is 23.3 Å². The molecule has 2 aliphatic heterocycles. The maximum Gasteiger partial charge on any atom is 0.310 e. The Kier molecular flexibility index (Phi) is 4.55. The molecule has 2 aromatic heterocycles. The number of hydrogen-bond acceptors (Lipinski definition) is 7. The number of H-pyrrole nitrogens is 1. The minimum absolute atomic E-state index is 0.0201. The molecular weight excluding hydrogens is 348 g/mol. The second-order valence-electron chi connectivity index (χ2n) is 7.65. The van der Waals surface area contributed by atoms with Crippen LogP contribution < -0.4 is 4.90 Å². The Labute approximate surface area is 158 Å². The molecule has 2 saturated heterocycles. The highest BCUT2D eigenvalue weighted by Gasteiger charge is 2.48. The summed E-state index contributed by atoms with van der Waals surface area (Å²) in [6.45, 7) is 7.57. The van der Waals surface area contributed by atoms with Crippen molar-refractivity contribution in [2.45, 2.75) is 39.1 Å². The van der Waals surface area contributed by atoms with E-state index < -0.39 is 5.79 Å². The molecule has 0 saturated carbocycles. The minimum atomic E-state index is -0.628. The first-order valence-corrected chi connectivity index (χ1v) is 9.39. The van der Waals surface area contributed by atoms with Gasteiger partial charge in [-0.3, -0.25) is 4.79 Å². The highest BCUT2D eigenvalue weighted by Crippen LogP contribution is 2.38. The number of aromatic nitrogens is 3. The first kappa shape index (κ1) is 18.2. The summed E-state index contributed by atoms with van der Waals surface area (Å²) in [5, 5.41) is 1.02. The van der Waals surface area contributed by atoms with E-state index in [9.17, 15) is 4.79 Å². The van der Waals surface area contributed by atoms with Gasteiger partial charge in [0.2, 0.25) is 0 Å². The second kappa shape index (κ2) is 6.76. The fourth-order valence-electron chi connectivity index (χ4n) is 4.23. The molecule has 1 N–H and O–H groups in total. The summed E-state index contributed by atoms with van der Waals surface area (Å²) >= 11 is 0. The van der Waals surface area contributed by atoms with Crippen LogP contribution in [0.3, 0.4) is 0 Å². The van der Waals surface area contributed by atoms with Crippen LogP contribution >= 0.6 is 0 Å². The van der Waals surface area contributed by atoms with Crippen LogP contribution in [0.1, 0.15) is 26.3 Å². The number of ether oxygens (including phenoxy) is 3. The zero-order valence-electron chi connectivity index (χ0n) is 16.2. The first-order chi connectivity index (χ1) is 12.9. The third kappa shape index (κ3) is 3.17. The lowest BCUT2D eigenvalue weighted by Gasteiger charge is -2.23. The number of fused-ring (bicyclic) bond motifs is 1. The Morgan fingerprint density at radius 3 is 2.89 bits per heavy atom. The number of aromatic amines is 1. The van der Waals surface area contributed by atoms with Gasteiger partial charge < -0.3 is 24.1 Å². The van der Waals surface area contributed by atoms with Gasteiger partial charge in [-0.15, -0.1) is 0 Å². The van der Waals surface area contributed by atoms with Crippen molar-refractivity contribution in [2.24, 2.45) is 11.8 Å². The molecule has 0 bridgehead atoms. The van der Waals surface area contributed by atoms with Crippen LogP contribution in [0.2, 0.25) is 0 Å². The van der Waals surface area contributed by atoms with Gasteiger partial charge in [0.25, 0.3) is 0 Å². The number of aryl methyl sites for hydroxylation is 1. The zero-order valence-corrected chi connectivity index (χ0v) is 16.2. The summed E-state index contributed by atoms with van der Waals surface area (Å²) in [5.74, 6) is -0.296. The summed E-state index contributed by atoms with van der Waals surface area (Å²) in [6.07, 6.45) is 4.27. The van der Waals surface area contributed by atoms with Crippen molar-refractivity contribution >= 4 is 22.8 Å². The van der Waals surface area contributed by atoms with Crippen molar-refractivity contribution in [3.63, 3.8) is 0 Å². The molecule has 0 aromatic carbocycles. The number of nitrogens with one attached hydrogen (secondary N) is 1. The average Bonchev–Trinajstić information content (AvgIpc) is 3.36. The third-order valence-corrected chi connectivity index (χ3v) is 5.59. The van der Waals surface area contributed by atoms with Crippen LogP contribution in [0.25, 0.3) is 11.0 Å². The monoisotopic (exact) mass is 374 g/mol. The molecule has 0 radical (unpaired) electrons. The number of rotatable bonds is 4. The van der Waals surface area contributed by atoms with Crippen molar-refractivity contribution in [3.05, 3.63) is 18.1 Å². The quantitative estimate of drug-likeness (QED) is 0.818. The van der Waals surface area contributed by atoms with E-state index >= 15 is 0 Å². The molecule has 27 heavy (non-hydrogen) atoms. The van der Waals surface area contributed by atoms with Crippen LogP contribution in [0.5, 0.6) is 0 Å². The van der Waals surface area contributed by atoms with Gasteiger partial charge in [-0.2, -0.15) is 0 Å². The second-order valence-corrected chi connectivity index (χ2v) is 7.65. The Bertz CT molecular complexity index is 849. The van der Waals surface area contributed by atoms with E-state index in [4.69, 9.17) is 14.2 Å². The Hall–Kier alpha value is -2.19. The lowest BCUT2D eigenvalue weighted by atomic mass is 9.91. The number of nitrogens with zero attached hydrogens (tertiary/aromatic N) is 3. The molecule has 3 atom stereocenters. The molecule has 146 valence electrons. The van der Waals surface area contributed by atoms with E-state index in [1.165, 1.54) is 12.7 Å². The molecule has 4 heterocycles. The van der Waals surface area contributed by atoms with Crippen LogP contribution in [0.15, 0.2) is 12.5 Å². The fourth-order valence-corrected chi connectivity index (χ4v) is 4.23. The Morgan fingerprint density at radius 2 is 2.22 bits per heavy atom. The van der Waals surface area contributed by atoms with Crippen molar-refractivity contribution in [1.29, 1.82) is 0 Å². The van der Waals surface area contributed by atoms with E-state index in [2.05, 4.69) is 26.8 Å². The molecule has 4 rings (SSSR count). The lowest BCUT2D eigenvalue weighted by Crippen LogP contribution is -2.35. The van der Waals surface area contributed by atoms with Gasteiger partial charge in [0.1, 0.15) is 17.8 Å². The van der Waals surface area contributed by atoms with Crippen molar-refractivity contribution in [2.75, 3.05) is 31.7 Å². The average molecular weight is 374 g/mol. The highest BCUT2D eigenvalue weighted by molar-refractivity contribution is 5.91. The predicted molar refractivity (Wildman–Crippen MR) is 99.4 cm³/mol. The SMILES string of the molecule is CCc1c[nH]c2ncnc(N3CC(C(=O)OC)C(C4COC(C)(C)O4)C3)c12. The minimum Gasteiger partial charge on any atom is -0.469 e. The predicted octanol–water partition coefficient (Wildman–Crippen LogP) is 1.90. The van der Waals surface area contributed by atoms with Crippen LogP contribution in [-0.2, 0) is 25.4 Å². The molecule has 2 aliphatic rings. The molecule has 0 aliphatic carbocycles. The van der Waals surface area contributed by atoms with Crippen molar-refractivity contribution in [3.8, 4) is 0 Å². The van der Waals surface area contributed by atoms with Gasteiger partial charge in [0, 0.05) is 25.2 Å². The molecule has 2 fully saturated rings. The lowest BCUT2D eigenvalue weighted by molar-refractivity contribution is -0.156. The number of anilines is 1. The summed E-state index contributed by atoms with van der Waals surface area (Å²) in [7, 11) is 1.43. The molecule has 8 heteroatoms. The van der Waals surface area contributed by atoms with Gasteiger partial charge in [-0.1, -0.05) is 6.92 Å². The van der Waals surface area contributed by atoms with E-state index in [0.29, 0.717) is 19.7 Å². The molecule has 0 spiro atoms. The molecule has 0 amide bonds. The van der Waals surface area contributed by atoms with Crippen LogP contribution in [0, 0.1) is 11.8 Å². The third-order valence-electron chi connectivity index (χ3n) is 5.59. The fraction of sp³-hybridized carbons (Fsp3) is 0.632. The number of methoxy groups -OCH3 is 1. The molecule has 8 nitrogen and oxygen atoms in total. The largest absolute Gasteiger partial charge is 0.469 e. The van der Waals surface area contributed by atoms with Gasteiger partial charge in [-0.25, -0.2) is 9.97 Å². The standard InChI is InChI=1S/C19H26N4O4/c1-5-11-6-20-16-15(11)17(22-10-21-16)23-7-12(13(8-23)18(24)25-4)14-9-26-19(2,3)27-14/h6,10,12-14H,5,7-9H2,1-4H3,(H,20,21,22). The number of carbonyl (C=O) groups is 1. The first-order valence-electron chi connectivity index (χ1n) is 9.39. The summed E-state index contributed by atoms with van der Waals surface area (Å²) in [5.41, 5.74) is 1.98. The molecule has 2 aromatic rings. The number of hydrogen-bond donors (Lipinski definition) is 1. The molecular formula is C19H26N4O4. The van der Waals surface area contributed by atoms with Gasteiger partial charge in [-0.05, 0) is 25.8 Å². The van der Waals surface area contributed by atoms with E-state index in [1.54, 1.807) is 6.33 Å². The number of carbonyl (C=O) groups excluding carboxylic acids is 1. The topological polar surface area (TPSA) is 89.6 Å². The Morgan fingerprint density at radius 1 is 1.41 bits per heavy atom. The van der Waals surface area contributed by atoms with E-state index in [1.807, 2.05) is 20.0 Å². The summed E-state index contributed by atoms with van der Waals surface area (Å²) in [4.78, 5) is 26.7. The zero-order chi connectivity index (χ0) is 19.2.